The number of carbonyl (C=O) groups is 1. The highest BCUT2D eigenvalue weighted by Crippen LogP contribution is 2.11. The molecule has 8 heteroatoms. The molecule has 2 aromatic heterocycles. The van der Waals surface area contributed by atoms with Crippen molar-refractivity contribution in [3.63, 3.8) is 0 Å². The first-order chi connectivity index (χ1) is 12.2. The minimum Gasteiger partial charge on any atom is -0.467 e. The maximum Gasteiger partial charge on any atom is 0.322 e. The molecule has 0 saturated carbocycles. The summed E-state index contributed by atoms with van der Waals surface area (Å²) < 4.78 is 11.9. The van der Waals surface area contributed by atoms with Crippen molar-refractivity contribution in [2.24, 2.45) is 0 Å². The molecule has 1 aromatic carbocycles. The number of ether oxygens (including phenoxy) is 2. The normalized spacial score (nSPS) is 10.3. The number of aromatic nitrogens is 4. The Morgan fingerprint density at radius 2 is 1.60 bits per heavy atom. The van der Waals surface area contributed by atoms with Gasteiger partial charge in [-0.15, -0.1) is 4.98 Å². The molecule has 0 unspecified atom stereocenters. The van der Waals surface area contributed by atoms with Crippen LogP contribution < -0.4 is 14.8 Å². The molecule has 0 fully saturated rings. The van der Waals surface area contributed by atoms with Gasteiger partial charge in [-0.05, 0) is 36.4 Å². The number of methoxy groups -OCH3 is 2. The van der Waals surface area contributed by atoms with Crippen LogP contribution in [0.4, 0.5) is 0 Å². The number of carbonyl (C=O) groups excluding carboxylic acids is 1. The van der Waals surface area contributed by atoms with Crippen LogP contribution in [-0.2, 0) is 6.54 Å². The molecule has 0 saturated heterocycles. The van der Waals surface area contributed by atoms with Crippen LogP contribution >= 0.6 is 0 Å². The zero-order valence-corrected chi connectivity index (χ0v) is 13.8. The lowest BCUT2D eigenvalue weighted by molar-refractivity contribution is 0.0949. The summed E-state index contributed by atoms with van der Waals surface area (Å²) in [6.07, 6.45) is 3.88. The Balaban J connectivity index is 1.66. The van der Waals surface area contributed by atoms with Crippen LogP contribution in [0.2, 0.25) is 0 Å². The van der Waals surface area contributed by atoms with Crippen molar-refractivity contribution in [3.05, 3.63) is 60.2 Å². The number of hydrogen-bond acceptors (Lipinski definition) is 6. The van der Waals surface area contributed by atoms with E-state index in [2.05, 4.69) is 20.3 Å². The summed E-state index contributed by atoms with van der Waals surface area (Å²) in [5.74, 6) is 0.124. The molecular formula is C17H17N5O3. The number of hydrogen-bond donors (Lipinski definition) is 1. The predicted octanol–water partition coefficient (Wildman–Crippen LogP) is 1.61. The van der Waals surface area contributed by atoms with E-state index in [4.69, 9.17) is 9.47 Å². The summed E-state index contributed by atoms with van der Waals surface area (Å²) in [6, 6.07) is 11.4. The molecule has 0 aliphatic carbocycles. The average molecular weight is 339 g/mol. The zero-order valence-electron chi connectivity index (χ0n) is 13.8. The van der Waals surface area contributed by atoms with Crippen LogP contribution in [-0.4, -0.2) is 39.6 Å². The van der Waals surface area contributed by atoms with Crippen molar-refractivity contribution in [2.45, 2.75) is 6.54 Å². The largest absolute Gasteiger partial charge is 0.467 e. The highest BCUT2D eigenvalue weighted by Gasteiger charge is 2.10. The Morgan fingerprint density at radius 1 is 1.00 bits per heavy atom. The smallest absolute Gasteiger partial charge is 0.322 e. The van der Waals surface area contributed by atoms with E-state index in [-0.39, 0.29) is 24.5 Å². The molecule has 0 bridgehead atoms. The van der Waals surface area contributed by atoms with Gasteiger partial charge >= 0.3 is 12.0 Å². The van der Waals surface area contributed by atoms with Crippen molar-refractivity contribution in [2.75, 3.05) is 14.2 Å². The monoisotopic (exact) mass is 339 g/mol. The van der Waals surface area contributed by atoms with Gasteiger partial charge in [-0.1, -0.05) is 0 Å². The summed E-state index contributed by atoms with van der Waals surface area (Å²) in [5, 5.41) is 2.76. The van der Waals surface area contributed by atoms with Gasteiger partial charge in [0, 0.05) is 23.6 Å². The molecule has 1 N–H and O–H groups in total. The lowest BCUT2D eigenvalue weighted by Crippen LogP contribution is -2.24. The van der Waals surface area contributed by atoms with E-state index < -0.39 is 0 Å². The standard InChI is InChI=1S/C17H17N5O3/c1-24-16-19-14(20-17(21-16)25-2)11-18-15(23)12-5-7-13(8-6-12)22-9-3-4-10-22/h3-10H,11H2,1-2H3,(H,18,23). The van der Waals surface area contributed by atoms with E-state index >= 15 is 0 Å². The lowest BCUT2D eigenvalue weighted by Gasteiger charge is -2.08. The van der Waals surface area contributed by atoms with Crippen LogP contribution in [0.25, 0.3) is 5.69 Å². The third-order valence-corrected chi connectivity index (χ3v) is 3.44. The van der Waals surface area contributed by atoms with Crippen LogP contribution in [0.1, 0.15) is 16.2 Å². The topological polar surface area (TPSA) is 91.2 Å². The van der Waals surface area contributed by atoms with E-state index in [0.717, 1.165) is 5.69 Å². The molecule has 25 heavy (non-hydrogen) atoms. The van der Waals surface area contributed by atoms with Crippen molar-refractivity contribution >= 4 is 5.91 Å². The van der Waals surface area contributed by atoms with Gasteiger partial charge in [-0.3, -0.25) is 4.79 Å². The highest BCUT2D eigenvalue weighted by atomic mass is 16.5. The third-order valence-electron chi connectivity index (χ3n) is 3.44. The number of nitrogens with one attached hydrogen (secondary N) is 1. The summed E-state index contributed by atoms with van der Waals surface area (Å²) in [6.45, 7) is 0.132. The Labute approximate surface area is 144 Å². The first-order valence-electron chi connectivity index (χ1n) is 7.54. The minimum absolute atomic E-state index is 0.132. The predicted molar refractivity (Wildman–Crippen MR) is 89.9 cm³/mol. The molecular weight excluding hydrogens is 322 g/mol. The van der Waals surface area contributed by atoms with Crippen LogP contribution in [0.15, 0.2) is 48.8 Å². The van der Waals surface area contributed by atoms with Gasteiger partial charge in [-0.2, -0.15) is 9.97 Å². The third kappa shape index (κ3) is 3.92. The van der Waals surface area contributed by atoms with Crippen molar-refractivity contribution in [3.8, 4) is 17.7 Å². The Morgan fingerprint density at radius 3 is 2.16 bits per heavy atom. The van der Waals surface area contributed by atoms with Gasteiger partial charge in [-0.25, -0.2) is 0 Å². The first kappa shape index (κ1) is 16.4. The van der Waals surface area contributed by atoms with Crippen molar-refractivity contribution in [1.82, 2.24) is 24.8 Å². The molecule has 0 radical (unpaired) electrons. The molecule has 3 rings (SSSR count). The second-order valence-electron chi connectivity index (χ2n) is 5.04. The van der Waals surface area contributed by atoms with Crippen LogP contribution in [0, 0.1) is 0 Å². The fourth-order valence-corrected chi connectivity index (χ4v) is 2.19. The van der Waals surface area contributed by atoms with E-state index in [1.165, 1.54) is 14.2 Å². The lowest BCUT2D eigenvalue weighted by atomic mass is 10.2. The van der Waals surface area contributed by atoms with Gasteiger partial charge in [0.15, 0.2) is 5.82 Å². The fraction of sp³-hybridized carbons (Fsp3) is 0.176. The van der Waals surface area contributed by atoms with Gasteiger partial charge in [0.1, 0.15) is 0 Å². The highest BCUT2D eigenvalue weighted by molar-refractivity contribution is 5.94. The van der Waals surface area contributed by atoms with Crippen molar-refractivity contribution < 1.29 is 14.3 Å². The van der Waals surface area contributed by atoms with Gasteiger partial charge in [0.25, 0.3) is 5.91 Å². The van der Waals surface area contributed by atoms with Gasteiger partial charge < -0.3 is 19.4 Å². The Kier molecular flexibility index (Phi) is 4.89. The second kappa shape index (κ2) is 7.43. The maximum absolute atomic E-state index is 12.3. The molecule has 2 heterocycles. The van der Waals surface area contributed by atoms with Crippen LogP contribution in [0.5, 0.6) is 12.0 Å². The average Bonchev–Trinajstić information content (AvgIpc) is 3.20. The molecule has 0 aliphatic heterocycles. The molecule has 0 atom stereocenters. The quantitative estimate of drug-likeness (QED) is 0.734. The van der Waals surface area contributed by atoms with E-state index in [1.807, 2.05) is 41.2 Å². The Bertz CT molecular complexity index is 825. The number of amides is 1. The van der Waals surface area contributed by atoms with E-state index in [9.17, 15) is 4.79 Å². The molecule has 1 amide bonds. The minimum atomic E-state index is -0.225. The number of nitrogens with zero attached hydrogens (tertiary/aromatic N) is 4. The van der Waals surface area contributed by atoms with E-state index in [1.54, 1.807) is 12.1 Å². The molecule has 8 nitrogen and oxygen atoms in total. The first-order valence-corrected chi connectivity index (χ1v) is 7.54. The fourth-order valence-electron chi connectivity index (χ4n) is 2.19. The SMILES string of the molecule is COc1nc(CNC(=O)c2ccc(-n3cccc3)cc2)nc(OC)n1. The zero-order chi connectivity index (χ0) is 17.6. The van der Waals surface area contributed by atoms with Crippen molar-refractivity contribution in [1.29, 1.82) is 0 Å². The molecule has 0 spiro atoms. The summed E-state index contributed by atoms with van der Waals surface area (Å²) >= 11 is 0. The molecule has 3 aromatic rings. The van der Waals surface area contributed by atoms with Gasteiger partial charge in [0.05, 0.1) is 20.8 Å². The summed E-state index contributed by atoms with van der Waals surface area (Å²) in [4.78, 5) is 24.3. The Hall–Kier alpha value is -3.42. The summed E-state index contributed by atoms with van der Waals surface area (Å²) in [5.41, 5.74) is 1.53. The van der Waals surface area contributed by atoms with Gasteiger partial charge in [0.2, 0.25) is 0 Å². The van der Waals surface area contributed by atoms with E-state index in [0.29, 0.717) is 11.4 Å². The number of rotatable bonds is 6. The maximum atomic E-state index is 12.3. The molecule has 128 valence electrons. The second-order valence-corrected chi connectivity index (χ2v) is 5.04. The number of benzene rings is 1. The molecule has 0 aliphatic rings. The summed E-state index contributed by atoms with van der Waals surface area (Å²) in [7, 11) is 2.90. The van der Waals surface area contributed by atoms with Crippen LogP contribution in [0.3, 0.4) is 0 Å².